The molecule has 1 unspecified atom stereocenters. The number of ether oxygens (including phenoxy) is 1. The molecular weight excluding hydrogens is 192 g/mol. The average molecular weight is 216 g/mol. The molecule has 3 N–H and O–H groups in total. The second-order valence-corrected chi connectivity index (χ2v) is 4.74. The molecule has 90 valence electrons. The first-order valence-corrected chi connectivity index (χ1v) is 5.38. The van der Waals surface area contributed by atoms with E-state index >= 15 is 0 Å². The number of carbonyl (C=O) groups is 1. The van der Waals surface area contributed by atoms with E-state index in [9.17, 15) is 4.79 Å². The molecule has 0 spiro atoms. The highest BCUT2D eigenvalue weighted by molar-refractivity contribution is 5.79. The normalized spacial score (nSPS) is 14.1. The van der Waals surface area contributed by atoms with Crippen molar-refractivity contribution in [1.82, 2.24) is 5.32 Å². The molecule has 0 aliphatic heterocycles. The molecule has 0 aliphatic carbocycles. The van der Waals surface area contributed by atoms with E-state index in [0.29, 0.717) is 18.4 Å². The Kier molecular flexibility index (Phi) is 5.83. The summed E-state index contributed by atoms with van der Waals surface area (Å²) in [5.74, 6) is 0.645. The summed E-state index contributed by atoms with van der Waals surface area (Å²) in [4.78, 5) is 11.4. The van der Waals surface area contributed by atoms with Crippen LogP contribution in [0, 0.1) is 11.8 Å². The molecule has 0 fully saturated rings. The molecule has 0 aromatic carbocycles. The highest BCUT2D eigenvalue weighted by atomic mass is 16.5. The van der Waals surface area contributed by atoms with E-state index in [1.54, 1.807) is 0 Å². The molecule has 1 atom stereocenters. The Hall–Kier alpha value is -0.610. The number of carbonyl (C=O) groups excluding carboxylic acids is 1. The van der Waals surface area contributed by atoms with Crippen LogP contribution in [0.15, 0.2) is 0 Å². The number of methoxy groups -OCH3 is 1. The summed E-state index contributed by atoms with van der Waals surface area (Å²) in [7, 11) is 1.40. The largest absolute Gasteiger partial charge is 0.468 e. The fourth-order valence-corrected chi connectivity index (χ4v) is 1.30. The maximum atomic E-state index is 11.4. The topological polar surface area (TPSA) is 64.3 Å². The molecule has 0 amide bonds. The van der Waals surface area contributed by atoms with E-state index < -0.39 is 5.54 Å². The summed E-state index contributed by atoms with van der Waals surface area (Å²) in [6.45, 7) is 9.24. The number of nitrogens with two attached hydrogens (primary N) is 1. The lowest BCUT2D eigenvalue weighted by molar-refractivity contribution is -0.147. The fourth-order valence-electron chi connectivity index (χ4n) is 1.30. The Morgan fingerprint density at radius 2 is 2.00 bits per heavy atom. The van der Waals surface area contributed by atoms with E-state index in [0.717, 1.165) is 6.54 Å². The molecule has 0 radical (unpaired) electrons. The lowest BCUT2D eigenvalue weighted by atomic mass is 9.94. The van der Waals surface area contributed by atoms with Gasteiger partial charge in [-0.3, -0.25) is 4.79 Å². The molecular formula is C11H24N2O2. The summed E-state index contributed by atoms with van der Waals surface area (Å²) in [5, 5.41) is 3.19. The summed E-state index contributed by atoms with van der Waals surface area (Å²) in [6, 6.07) is 0. The van der Waals surface area contributed by atoms with Crippen LogP contribution in [0.4, 0.5) is 0 Å². The van der Waals surface area contributed by atoms with Gasteiger partial charge in [-0.15, -0.1) is 0 Å². The van der Waals surface area contributed by atoms with E-state index in [1.807, 2.05) is 13.8 Å². The second-order valence-electron chi connectivity index (χ2n) is 4.74. The maximum Gasteiger partial charge on any atom is 0.325 e. The molecule has 4 heteroatoms. The highest BCUT2D eigenvalue weighted by Crippen LogP contribution is 2.11. The summed E-state index contributed by atoms with van der Waals surface area (Å²) in [5.41, 5.74) is 5.01. The van der Waals surface area contributed by atoms with Gasteiger partial charge >= 0.3 is 5.97 Å². The lowest BCUT2D eigenvalue weighted by Gasteiger charge is -2.27. The first-order chi connectivity index (χ1) is 6.85. The van der Waals surface area contributed by atoms with Gasteiger partial charge < -0.3 is 15.8 Å². The Morgan fingerprint density at radius 3 is 2.33 bits per heavy atom. The second kappa shape index (κ2) is 6.08. The van der Waals surface area contributed by atoms with Gasteiger partial charge in [-0.25, -0.2) is 0 Å². The molecule has 0 bridgehead atoms. The van der Waals surface area contributed by atoms with Crippen LogP contribution in [0.2, 0.25) is 0 Å². The van der Waals surface area contributed by atoms with Crippen molar-refractivity contribution in [3.8, 4) is 0 Å². The standard InChI is InChI=1S/C11H24N2O2/c1-8(2)9(6-12)7-13-11(3,4)10(14)15-5/h8-9,13H,6-7,12H2,1-5H3. The van der Waals surface area contributed by atoms with Gasteiger partial charge in [0.1, 0.15) is 5.54 Å². The Balaban J connectivity index is 4.18. The van der Waals surface area contributed by atoms with Crippen LogP contribution < -0.4 is 11.1 Å². The minimum Gasteiger partial charge on any atom is -0.468 e. The van der Waals surface area contributed by atoms with E-state index in [2.05, 4.69) is 19.2 Å². The van der Waals surface area contributed by atoms with Crippen LogP contribution in [-0.4, -0.2) is 31.7 Å². The highest BCUT2D eigenvalue weighted by Gasteiger charge is 2.28. The smallest absolute Gasteiger partial charge is 0.325 e. The summed E-state index contributed by atoms with van der Waals surface area (Å²) >= 11 is 0. The SMILES string of the molecule is COC(=O)C(C)(C)NCC(CN)C(C)C. The van der Waals surface area contributed by atoms with Crippen LogP contribution in [0.25, 0.3) is 0 Å². The predicted molar refractivity (Wildman–Crippen MR) is 61.5 cm³/mol. The Labute approximate surface area is 92.6 Å². The maximum absolute atomic E-state index is 11.4. The van der Waals surface area contributed by atoms with Crippen LogP contribution >= 0.6 is 0 Å². The molecule has 0 rings (SSSR count). The van der Waals surface area contributed by atoms with Gasteiger partial charge in [0.25, 0.3) is 0 Å². The first kappa shape index (κ1) is 14.4. The first-order valence-electron chi connectivity index (χ1n) is 5.38. The van der Waals surface area contributed by atoms with Gasteiger partial charge in [-0.05, 0) is 32.2 Å². The van der Waals surface area contributed by atoms with E-state index in [1.165, 1.54) is 7.11 Å². The van der Waals surface area contributed by atoms with Crippen LogP contribution in [0.1, 0.15) is 27.7 Å². The molecule has 4 nitrogen and oxygen atoms in total. The zero-order chi connectivity index (χ0) is 12.1. The molecule has 0 aromatic heterocycles. The third-order valence-electron chi connectivity index (χ3n) is 2.75. The van der Waals surface area contributed by atoms with Gasteiger partial charge in [0.05, 0.1) is 7.11 Å². The minimum absolute atomic E-state index is 0.248. The third-order valence-corrected chi connectivity index (χ3v) is 2.75. The number of hydrogen-bond donors (Lipinski definition) is 2. The van der Waals surface area contributed by atoms with Crippen LogP contribution in [0.3, 0.4) is 0 Å². The quantitative estimate of drug-likeness (QED) is 0.643. The molecule has 0 aliphatic rings. The third kappa shape index (κ3) is 4.62. The number of esters is 1. The van der Waals surface area contributed by atoms with Crippen molar-refractivity contribution in [3.63, 3.8) is 0 Å². The molecule has 0 aromatic rings. The summed E-state index contributed by atoms with van der Waals surface area (Å²) in [6.07, 6.45) is 0. The molecule has 0 heterocycles. The molecule has 15 heavy (non-hydrogen) atoms. The van der Waals surface area contributed by atoms with Crippen molar-refractivity contribution in [1.29, 1.82) is 0 Å². The van der Waals surface area contributed by atoms with Crippen molar-refractivity contribution in [2.45, 2.75) is 33.2 Å². The monoisotopic (exact) mass is 216 g/mol. The van der Waals surface area contributed by atoms with Crippen LogP contribution in [0.5, 0.6) is 0 Å². The van der Waals surface area contributed by atoms with Crippen molar-refractivity contribution in [2.24, 2.45) is 17.6 Å². The van der Waals surface area contributed by atoms with Gasteiger partial charge in [-0.2, -0.15) is 0 Å². The zero-order valence-electron chi connectivity index (χ0n) is 10.5. The molecule has 0 saturated heterocycles. The zero-order valence-corrected chi connectivity index (χ0v) is 10.5. The lowest BCUT2D eigenvalue weighted by Crippen LogP contribution is -2.50. The van der Waals surface area contributed by atoms with Gasteiger partial charge in [0, 0.05) is 6.54 Å². The van der Waals surface area contributed by atoms with Crippen molar-refractivity contribution in [3.05, 3.63) is 0 Å². The average Bonchev–Trinajstić information content (AvgIpc) is 2.16. The molecule has 0 saturated carbocycles. The van der Waals surface area contributed by atoms with Crippen molar-refractivity contribution < 1.29 is 9.53 Å². The van der Waals surface area contributed by atoms with Gasteiger partial charge in [-0.1, -0.05) is 13.8 Å². The number of rotatable bonds is 6. The predicted octanol–water partition coefficient (Wildman–Crippen LogP) is 0.759. The number of hydrogen-bond acceptors (Lipinski definition) is 4. The fraction of sp³-hybridized carbons (Fsp3) is 0.909. The van der Waals surface area contributed by atoms with E-state index in [-0.39, 0.29) is 5.97 Å². The van der Waals surface area contributed by atoms with Gasteiger partial charge in [0.15, 0.2) is 0 Å². The van der Waals surface area contributed by atoms with Gasteiger partial charge in [0.2, 0.25) is 0 Å². The van der Waals surface area contributed by atoms with Crippen LogP contribution in [-0.2, 0) is 9.53 Å². The Bertz CT molecular complexity index is 203. The number of nitrogens with one attached hydrogen (secondary N) is 1. The van der Waals surface area contributed by atoms with Crippen molar-refractivity contribution in [2.75, 3.05) is 20.2 Å². The van der Waals surface area contributed by atoms with Crippen molar-refractivity contribution >= 4 is 5.97 Å². The minimum atomic E-state index is -0.642. The summed E-state index contributed by atoms with van der Waals surface area (Å²) < 4.78 is 4.71. The van der Waals surface area contributed by atoms with E-state index in [4.69, 9.17) is 10.5 Å². The Morgan fingerprint density at radius 1 is 1.47 bits per heavy atom.